The highest BCUT2D eigenvalue weighted by Gasteiger charge is 2.14. The Kier molecular flexibility index (Phi) is 8.14. The van der Waals surface area contributed by atoms with Gasteiger partial charge in [-0.2, -0.15) is 0 Å². The van der Waals surface area contributed by atoms with E-state index in [0.29, 0.717) is 12.6 Å². The Morgan fingerprint density at radius 3 is 2.14 bits per heavy atom. The van der Waals surface area contributed by atoms with Gasteiger partial charge in [-0.15, -0.1) is 0 Å². The van der Waals surface area contributed by atoms with Gasteiger partial charge in [0.2, 0.25) is 0 Å². The Morgan fingerprint density at radius 1 is 1.21 bits per heavy atom. The lowest BCUT2D eigenvalue weighted by molar-refractivity contribution is 0.131. The van der Waals surface area contributed by atoms with Crippen molar-refractivity contribution in [2.75, 3.05) is 19.6 Å². The number of nitrogens with two attached hydrogens (primary N) is 1. The molecule has 1 unspecified atom stereocenters. The number of hydrogen-bond acceptors (Lipinski definition) is 3. The zero-order valence-electron chi connectivity index (χ0n) is 9.87. The molecule has 0 aliphatic heterocycles. The van der Waals surface area contributed by atoms with Crippen LogP contribution in [0, 0.1) is 0 Å². The summed E-state index contributed by atoms with van der Waals surface area (Å²) in [5.74, 6) is 0. The standard InChI is InChI=1S/C11H26N2O/c1-4-11(5-2)13(9-7-12)8-6-10(3)14/h10-11,14H,4-9,12H2,1-3H3. The second-order valence-electron chi connectivity index (χ2n) is 3.93. The zero-order chi connectivity index (χ0) is 11.0. The summed E-state index contributed by atoms with van der Waals surface area (Å²) in [7, 11) is 0. The number of rotatable bonds is 8. The average molecular weight is 202 g/mol. The monoisotopic (exact) mass is 202 g/mol. The van der Waals surface area contributed by atoms with E-state index < -0.39 is 0 Å². The first kappa shape index (κ1) is 13.9. The number of hydrogen-bond donors (Lipinski definition) is 2. The molecule has 0 heterocycles. The molecule has 0 aliphatic rings. The van der Waals surface area contributed by atoms with E-state index in [0.717, 1.165) is 32.4 Å². The van der Waals surface area contributed by atoms with Gasteiger partial charge in [-0.25, -0.2) is 0 Å². The quantitative estimate of drug-likeness (QED) is 0.622. The van der Waals surface area contributed by atoms with Crippen molar-refractivity contribution in [2.45, 2.75) is 52.2 Å². The summed E-state index contributed by atoms with van der Waals surface area (Å²) in [5.41, 5.74) is 5.58. The molecule has 3 nitrogen and oxygen atoms in total. The van der Waals surface area contributed by atoms with E-state index in [1.807, 2.05) is 6.92 Å². The highest BCUT2D eigenvalue weighted by Crippen LogP contribution is 2.09. The summed E-state index contributed by atoms with van der Waals surface area (Å²) in [6.45, 7) is 8.87. The SMILES string of the molecule is CCC(CC)N(CCN)CCC(C)O. The predicted octanol–water partition coefficient (Wildman–Crippen LogP) is 1.21. The van der Waals surface area contributed by atoms with Crippen LogP contribution in [0.1, 0.15) is 40.0 Å². The lowest BCUT2D eigenvalue weighted by Gasteiger charge is -2.30. The van der Waals surface area contributed by atoms with Crippen LogP contribution < -0.4 is 5.73 Å². The Morgan fingerprint density at radius 2 is 1.79 bits per heavy atom. The van der Waals surface area contributed by atoms with Gasteiger partial charge in [0.25, 0.3) is 0 Å². The van der Waals surface area contributed by atoms with E-state index in [-0.39, 0.29) is 6.10 Å². The van der Waals surface area contributed by atoms with Gasteiger partial charge in [-0.3, -0.25) is 4.90 Å². The third-order valence-corrected chi connectivity index (χ3v) is 2.71. The largest absolute Gasteiger partial charge is 0.393 e. The Labute approximate surface area is 88.3 Å². The van der Waals surface area contributed by atoms with Crippen LogP contribution in [-0.2, 0) is 0 Å². The van der Waals surface area contributed by atoms with Crippen LogP contribution in [0.25, 0.3) is 0 Å². The number of nitrogens with zero attached hydrogens (tertiary/aromatic N) is 1. The summed E-state index contributed by atoms with van der Waals surface area (Å²) >= 11 is 0. The maximum atomic E-state index is 9.24. The molecule has 0 bridgehead atoms. The molecule has 0 radical (unpaired) electrons. The van der Waals surface area contributed by atoms with Crippen LogP contribution in [0.4, 0.5) is 0 Å². The maximum Gasteiger partial charge on any atom is 0.0524 e. The molecule has 1 atom stereocenters. The maximum absolute atomic E-state index is 9.24. The second-order valence-corrected chi connectivity index (χ2v) is 3.93. The molecular formula is C11H26N2O. The van der Waals surface area contributed by atoms with Crippen LogP contribution in [0.3, 0.4) is 0 Å². The summed E-state index contributed by atoms with van der Waals surface area (Å²) in [6.07, 6.45) is 2.97. The van der Waals surface area contributed by atoms with Gasteiger partial charge in [0, 0.05) is 25.7 Å². The van der Waals surface area contributed by atoms with Crippen LogP contribution >= 0.6 is 0 Å². The molecule has 0 saturated heterocycles. The fourth-order valence-electron chi connectivity index (χ4n) is 1.80. The van der Waals surface area contributed by atoms with Crippen LogP contribution in [0.2, 0.25) is 0 Å². The molecule has 0 rings (SSSR count). The van der Waals surface area contributed by atoms with Gasteiger partial charge >= 0.3 is 0 Å². The van der Waals surface area contributed by atoms with Gasteiger partial charge < -0.3 is 10.8 Å². The van der Waals surface area contributed by atoms with Gasteiger partial charge in [-0.1, -0.05) is 13.8 Å². The minimum absolute atomic E-state index is 0.204. The zero-order valence-corrected chi connectivity index (χ0v) is 9.87. The van der Waals surface area contributed by atoms with Gasteiger partial charge in [0.1, 0.15) is 0 Å². The fraction of sp³-hybridized carbons (Fsp3) is 1.00. The summed E-state index contributed by atoms with van der Waals surface area (Å²) < 4.78 is 0. The van der Waals surface area contributed by atoms with E-state index in [1.165, 1.54) is 0 Å². The Balaban J connectivity index is 3.98. The molecule has 0 amide bonds. The highest BCUT2D eigenvalue weighted by atomic mass is 16.3. The first-order valence-corrected chi connectivity index (χ1v) is 5.77. The molecule has 0 aromatic rings. The normalized spacial score (nSPS) is 13.9. The van der Waals surface area contributed by atoms with Crippen molar-refractivity contribution >= 4 is 0 Å². The third-order valence-electron chi connectivity index (χ3n) is 2.71. The molecule has 86 valence electrons. The molecule has 0 aromatic carbocycles. The van der Waals surface area contributed by atoms with Crippen LogP contribution in [0.5, 0.6) is 0 Å². The minimum Gasteiger partial charge on any atom is -0.393 e. The van der Waals surface area contributed by atoms with Gasteiger partial charge in [0.15, 0.2) is 0 Å². The molecule has 0 fully saturated rings. The lowest BCUT2D eigenvalue weighted by Crippen LogP contribution is -2.39. The van der Waals surface area contributed by atoms with E-state index in [4.69, 9.17) is 5.73 Å². The van der Waals surface area contributed by atoms with Crippen molar-refractivity contribution in [3.8, 4) is 0 Å². The topological polar surface area (TPSA) is 49.5 Å². The summed E-state index contributed by atoms with van der Waals surface area (Å²) in [4.78, 5) is 2.40. The van der Waals surface area contributed by atoms with Crippen molar-refractivity contribution < 1.29 is 5.11 Å². The van der Waals surface area contributed by atoms with Crippen molar-refractivity contribution in [1.29, 1.82) is 0 Å². The fourth-order valence-corrected chi connectivity index (χ4v) is 1.80. The molecule has 14 heavy (non-hydrogen) atoms. The summed E-state index contributed by atoms with van der Waals surface area (Å²) in [5, 5.41) is 9.24. The van der Waals surface area contributed by atoms with Crippen molar-refractivity contribution in [3.05, 3.63) is 0 Å². The highest BCUT2D eigenvalue weighted by molar-refractivity contribution is 4.70. The molecule has 0 spiro atoms. The lowest BCUT2D eigenvalue weighted by atomic mass is 10.1. The average Bonchev–Trinajstić information content (AvgIpc) is 2.15. The van der Waals surface area contributed by atoms with E-state index in [9.17, 15) is 5.11 Å². The first-order chi connectivity index (χ1) is 6.65. The third kappa shape index (κ3) is 5.58. The van der Waals surface area contributed by atoms with Gasteiger partial charge in [0.05, 0.1) is 6.10 Å². The Bertz CT molecular complexity index is 124. The van der Waals surface area contributed by atoms with Crippen molar-refractivity contribution in [2.24, 2.45) is 5.73 Å². The van der Waals surface area contributed by atoms with E-state index in [1.54, 1.807) is 0 Å². The van der Waals surface area contributed by atoms with Crippen LogP contribution in [-0.4, -0.2) is 41.8 Å². The molecule has 3 heteroatoms. The first-order valence-electron chi connectivity index (χ1n) is 5.77. The van der Waals surface area contributed by atoms with Crippen molar-refractivity contribution in [1.82, 2.24) is 4.90 Å². The van der Waals surface area contributed by atoms with Gasteiger partial charge in [-0.05, 0) is 26.2 Å². The van der Waals surface area contributed by atoms with Crippen LogP contribution in [0.15, 0.2) is 0 Å². The number of aliphatic hydroxyl groups excluding tert-OH is 1. The Hall–Kier alpha value is -0.120. The molecule has 0 aromatic heterocycles. The molecular weight excluding hydrogens is 176 g/mol. The van der Waals surface area contributed by atoms with Crippen molar-refractivity contribution in [3.63, 3.8) is 0 Å². The minimum atomic E-state index is -0.204. The molecule has 0 saturated carbocycles. The smallest absolute Gasteiger partial charge is 0.0524 e. The summed E-state index contributed by atoms with van der Waals surface area (Å²) in [6, 6.07) is 0.622. The molecule has 3 N–H and O–H groups in total. The van der Waals surface area contributed by atoms with E-state index in [2.05, 4.69) is 18.7 Å². The second kappa shape index (κ2) is 8.21. The number of aliphatic hydroxyl groups is 1. The molecule has 0 aliphatic carbocycles. The predicted molar refractivity (Wildman–Crippen MR) is 61.3 cm³/mol. The van der Waals surface area contributed by atoms with E-state index >= 15 is 0 Å².